The predicted molar refractivity (Wildman–Crippen MR) is 73.2 cm³/mol. The van der Waals surface area contributed by atoms with Gasteiger partial charge in [-0.2, -0.15) is 0 Å². The first-order valence-electron chi connectivity index (χ1n) is 6.10. The topological polar surface area (TPSA) is 59.1 Å². The molecule has 2 rings (SSSR count). The highest BCUT2D eigenvalue weighted by Gasteiger charge is 2.17. The largest absolute Gasteiger partial charge is 0.398 e. The van der Waals surface area contributed by atoms with Crippen LogP contribution in [0.3, 0.4) is 0 Å². The van der Waals surface area contributed by atoms with Crippen LogP contribution in [0.2, 0.25) is 0 Å². The third kappa shape index (κ3) is 2.87. The number of aliphatic hydroxyl groups excluding tert-OH is 1. The SMILES string of the molecule is CC(c1ccccc1)C(O)Cc1cnccc1N. The molecule has 0 bridgehead atoms. The Morgan fingerprint density at radius 1 is 1.22 bits per heavy atom. The van der Waals surface area contributed by atoms with Crippen molar-refractivity contribution < 1.29 is 5.11 Å². The molecule has 0 aliphatic heterocycles. The van der Waals surface area contributed by atoms with Crippen molar-refractivity contribution in [3.05, 3.63) is 59.9 Å². The maximum absolute atomic E-state index is 10.3. The Bertz CT molecular complexity index is 499. The van der Waals surface area contributed by atoms with Gasteiger partial charge in [0, 0.05) is 30.4 Å². The highest BCUT2D eigenvalue weighted by Crippen LogP contribution is 2.23. The van der Waals surface area contributed by atoms with Crippen molar-refractivity contribution in [3.63, 3.8) is 0 Å². The lowest BCUT2D eigenvalue weighted by molar-refractivity contribution is 0.149. The number of aliphatic hydroxyl groups is 1. The molecule has 0 saturated carbocycles. The third-order valence-corrected chi connectivity index (χ3v) is 3.27. The molecule has 18 heavy (non-hydrogen) atoms. The average Bonchev–Trinajstić information content (AvgIpc) is 2.41. The first kappa shape index (κ1) is 12.6. The Balaban J connectivity index is 2.09. The zero-order chi connectivity index (χ0) is 13.0. The maximum Gasteiger partial charge on any atom is 0.0647 e. The summed E-state index contributed by atoms with van der Waals surface area (Å²) in [5.41, 5.74) is 8.57. The van der Waals surface area contributed by atoms with Gasteiger partial charge < -0.3 is 10.8 Å². The fourth-order valence-corrected chi connectivity index (χ4v) is 1.99. The minimum absolute atomic E-state index is 0.0748. The van der Waals surface area contributed by atoms with E-state index in [4.69, 9.17) is 5.73 Å². The van der Waals surface area contributed by atoms with Crippen LogP contribution < -0.4 is 5.73 Å². The summed E-state index contributed by atoms with van der Waals surface area (Å²) in [4.78, 5) is 4.04. The highest BCUT2D eigenvalue weighted by molar-refractivity contribution is 5.44. The average molecular weight is 242 g/mol. The minimum atomic E-state index is -0.459. The molecule has 3 N–H and O–H groups in total. The van der Waals surface area contributed by atoms with Crippen LogP contribution in [0.15, 0.2) is 48.8 Å². The molecule has 2 unspecified atom stereocenters. The molecule has 1 heterocycles. The molecule has 0 saturated heterocycles. The molecule has 0 spiro atoms. The fourth-order valence-electron chi connectivity index (χ4n) is 1.99. The number of nitrogen functional groups attached to an aromatic ring is 1. The first-order valence-corrected chi connectivity index (χ1v) is 6.10. The lowest BCUT2D eigenvalue weighted by Crippen LogP contribution is -2.19. The highest BCUT2D eigenvalue weighted by atomic mass is 16.3. The number of hydrogen-bond acceptors (Lipinski definition) is 3. The van der Waals surface area contributed by atoms with Gasteiger partial charge in [0.25, 0.3) is 0 Å². The molecule has 0 radical (unpaired) electrons. The molecule has 1 aromatic carbocycles. The van der Waals surface area contributed by atoms with Gasteiger partial charge in [-0.1, -0.05) is 37.3 Å². The lowest BCUT2D eigenvalue weighted by atomic mass is 9.91. The zero-order valence-corrected chi connectivity index (χ0v) is 10.5. The van der Waals surface area contributed by atoms with Gasteiger partial charge in [-0.3, -0.25) is 4.98 Å². The van der Waals surface area contributed by atoms with Crippen molar-refractivity contribution in [2.75, 3.05) is 5.73 Å². The van der Waals surface area contributed by atoms with E-state index >= 15 is 0 Å². The molecule has 0 amide bonds. The van der Waals surface area contributed by atoms with E-state index in [1.54, 1.807) is 18.5 Å². The van der Waals surface area contributed by atoms with Crippen LogP contribution in [-0.2, 0) is 6.42 Å². The van der Waals surface area contributed by atoms with Crippen LogP contribution in [0.1, 0.15) is 24.0 Å². The molecule has 3 nitrogen and oxygen atoms in total. The molecule has 3 heteroatoms. The smallest absolute Gasteiger partial charge is 0.0647 e. The normalized spacial score (nSPS) is 14.1. The van der Waals surface area contributed by atoms with Crippen molar-refractivity contribution in [2.24, 2.45) is 0 Å². The lowest BCUT2D eigenvalue weighted by Gasteiger charge is -2.19. The number of nitrogens with zero attached hydrogens (tertiary/aromatic N) is 1. The van der Waals surface area contributed by atoms with E-state index in [0.717, 1.165) is 11.1 Å². The Kier molecular flexibility index (Phi) is 3.95. The van der Waals surface area contributed by atoms with Gasteiger partial charge in [-0.15, -0.1) is 0 Å². The second kappa shape index (κ2) is 5.65. The Morgan fingerprint density at radius 2 is 1.94 bits per heavy atom. The first-order chi connectivity index (χ1) is 8.68. The summed E-state index contributed by atoms with van der Waals surface area (Å²) in [6.45, 7) is 2.02. The van der Waals surface area contributed by atoms with Gasteiger partial charge in [0.05, 0.1) is 6.10 Å². The predicted octanol–water partition coefficient (Wildman–Crippen LogP) is 2.37. The van der Waals surface area contributed by atoms with E-state index in [2.05, 4.69) is 4.98 Å². The van der Waals surface area contributed by atoms with Crippen LogP contribution in [0, 0.1) is 0 Å². The molecule has 1 aromatic heterocycles. The van der Waals surface area contributed by atoms with Crippen molar-refractivity contribution >= 4 is 5.69 Å². The summed E-state index contributed by atoms with van der Waals surface area (Å²) in [5.74, 6) is 0.0748. The Morgan fingerprint density at radius 3 is 2.61 bits per heavy atom. The van der Waals surface area contributed by atoms with Gasteiger partial charge in [0.1, 0.15) is 0 Å². The Hall–Kier alpha value is -1.87. The second-order valence-corrected chi connectivity index (χ2v) is 4.55. The van der Waals surface area contributed by atoms with Crippen molar-refractivity contribution in [1.82, 2.24) is 4.98 Å². The van der Waals surface area contributed by atoms with Gasteiger partial charge in [0.2, 0.25) is 0 Å². The quantitative estimate of drug-likeness (QED) is 0.865. The van der Waals surface area contributed by atoms with E-state index < -0.39 is 6.10 Å². The summed E-state index contributed by atoms with van der Waals surface area (Å²) in [6.07, 6.45) is 3.44. The summed E-state index contributed by atoms with van der Waals surface area (Å²) in [7, 11) is 0. The molecular formula is C15H18N2O. The van der Waals surface area contributed by atoms with E-state index in [1.807, 2.05) is 37.3 Å². The molecular weight excluding hydrogens is 224 g/mol. The van der Waals surface area contributed by atoms with E-state index in [1.165, 1.54) is 0 Å². The summed E-state index contributed by atoms with van der Waals surface area (Å²) in [5, 5.41) is 10.3. The zero-order valence-electron chi connectivity index (χ0n) is 10.5. The summed E-state index contributed by atoms with van der Waals surface area (Å²) < 4.78 is 0. The van der Waals surface area contributed by atoms with Crippen LogP contribution in [0.25, 0.3) is 0 Å². The number of aromatic nitrogens is 1. The second-order valence-electron chi connectivity index (χ2n) is 4.55. The number of rotatable bonds is 4. The monoisotopic (exact) mass is 242 g/mol. The number of hydrogen-bond donors (Lipinski definition) is 2. The Labute approximate surface area is 107 Å². The van der Waals surface area contributed by atoms with E-state index in [9.17, 15) is 5.11 Å². The van der Waals surface area contributed by atoms with Crippen LogP contribution in [0.4, 0.5) is 5.69 Å². The molecule has 94 valence electrons. The molecule has 2 aromatic rings. The van der Waals surface area contributed by atoms with E-state index in [-0.39, 0.29) is 5.92 Å². The van der Waals surface area contributed by atoms with Gasteiger partial charge >= 0.3 is 0 Å². The third-order valence-electron chi connectivity index (χ3n) is 3.27. The number of benzene rings is 1. The molecule has 0 aliphatic carbocycles. The van der Waals surface area contributed by atoms with Crippen LogP contribution in [-0.4, -0.2) is 16.2 Å². The standard InChI is InChI=1S/C15H18N2O/c1-11(12-5-3-2-4-6-12)15(18)9-13-10-17-8-7-14(13)16/h2-8,10-11,15,18H,9H2,1H3,(H2,16,17). The number of pyridine rings is 1. The maximum atomic E-state index is 10.3. The van der Waals surface area contributed by atoms with Gasteiger partial charge in [-0.25, -0.2) is 0 Å². The van der Waals surface area contributed by atoms with Gasteiger partial charge in [-0.05, 0) is 17.2 Å². The minimum Gasteiger partial charge on any atom is -0.398 e. The molecule has 0 fully saturated rings. The van der Waals surface area contributed by atoms with Crippen molar-refractivity contribution in [2.45, 2.75) is 25.4 Å². The molecule has 0 aliphatic rings. The van der Waals surface area contributed by atoms with Crippen LogP contribution in [0.5, 0.6) is 0 Å². The van der Waals surface area contributed by atoms with Crippen molar-refractivity contribution in [1.29, 1.82) is 0 Å². The van der Waals surface area contributed by atoms with Gasteiger partial charge in [0.15, 0.2) is 0 Å². The fraction of sp³-hybridized carbons (Fsp3) is 0.267. The van der Waals surface area contributed by atoms with Crippen LogP contribution >= 0.6 is 0 Å². The number of anilines is 1. The number of nitrogens with two attached hydrogens (primary N) is 1. The van der Waals surface area contributed by atoms with Crippen molar-refractivity contribution in [3.8, 4) is 0 Å². The summed E-state index contributed by atoms with van der Waals surface area (Å²) in [6, 6.07) is 11.8. The summed E-state index contributed by atoms with van der Waals surface area (Å²) >= 11 is 0. The van der Waals surface area contributed by atoms with E-state index in [0.29, 0.717) is 12.1 Å². The molecule has 2 atom stereocenters.